The summed E-state index contributed by atoms with van der Waals surface area (Å²) in [6.07, 6.45) is 0. The fourth-order valence-corrected chi connectivity index (χ4v) is 8.77. The number of ether oxygens (including phenoxy) is 1. The summed E-state index contributed by atoms with van der Waals surface area (Å²) in [4.78, 5) is 59.7. The zero-order valence-electron chi connectivity index (χ0n) is 28.0. The number of hydrogen-bond acceptors (Lipinski definition) is 7. The zero-order chi connectivity index (χ0) is 33.3. The van der Waals surface area contributed by atoms with E-state index >= 15 is 0 Å². The number of anilines is 2. The molecule has 1 aliphatic carbocycles. The standard InChI is InChI=1S/C38H41N3O5/c1-10-39-37(8)31(42)27-19-29-30(20-28(27)32(43)38(37,39)9)34(45)40(33(29)44)23-11-15-25(16-12-23)46-26-17-13-24(14-18-26)41-35(6,21(2)3)36(41,7)22(4)5/h11-22H,10H2,1-9H3. The Balaban J connectivity index is 1.10. The molecule has 46 heavy (non-hydrogen) atoms. The summed E-state index contributed by atoms with van der Waals surface area (Å²) >= 11 is 0. The van der Waals surface area contributed by atoms with Crippen molar-refractivity contribution in [1.29, 1.82) is 0 Å². The molecule has 4 atom stereocenters. The van der Waals surface area contributed by atoms with Gasteiger partial charge < -0.3 is 9.64 Å². The molecule has 3 heterocycles. The first-order valence-electron chi connectivity index (χ1n) is 16.2. The van der Waals surface area contributed by atoms with Crippen LogP contribution < -0.4 is 14.5 Å². The van der Waals surface area contributed by atoms with E-state index in [1.807, 2.05) is 24.0 Å². The largest absolute Gasteiger partial charge is 0.457 e. The highest BCUT2D eigenvalue weighted by molar-refractivity contribution is 6.36. The molecule has 238 valence electrons. The SMILES string of the molecule is CCN1C2(C)C(=O)c3cc4c(cc3C(=O)C12C)C(=O)N(c1ccc(Oc2ccc(N3C(C)(C(C)C)C3(C)C(C)C)cc2)cc1)C4=O. The Labute approximate surface area is 270 Å². The average Bonchev–Trinajstić information content (AvgIpc) is 3.73. The molecule has 8 nitrogen and oxygen atoms in total. The molecule has 8 heteroatoms. The van der Waals surface area contributed by atoms with Gasteiger partial charge in [-0.25, -0.2) is 4.90 Å². The summed E-state index contributed by atoms with van der Waals surface area (Å²) < 4.78 is 6.12. The van der Waals surface area contributed by atoms with Gasteiger partial charge in [-0.15, -0.1) is 0 Å². The van der Waals surface area contributed by atoms with Crippen molar-refractivity contribution in [3.05, 3.63) is 82.9 Å². The minimum Gasteiger partial charge on any atom is -0.457 e. The number of nitrogens with zero attached hydrogens (tertiary/aromatic N) is 3. The van der Waals surface area contributed by atoms with E-state index in [4.69, 9.17) is 4.74 Å². The fraction of sp³-hybridized carbons (Fsp3) is 0.421. The maximum absolute atomic E-state index is 13.6. The maximum atomic E-state index is 13.6. The molecular weight excluding hydrogens is 578 g/mol. The molecule has 2 amide bonds. The number of carbonyl (C=O) groups is 4. The molecule has 3 aliphatic heterocycles. The van der Waals surface area contributed by atoms with Crippen molar-refractivity contribution in [3.63, 3.8) is 0 Å². The van der Waals surface area contributed by atoms with Crippen molar-refractivity contribution in [2.75, 3.05) is 16.3 Å². The summed E-state index contributed by atoms with van der Waals surface area (Å²) in [5.41, 5.74) is 0.476. The molecule has 0 aromatic heterocycles. The molecule has 3 aromatic carbocycles. The predicted octanol–water partition coefficient (Wildman–Crippen LogP) is 7.16. The van der Waals surface area contributed by atoms with Crippen LogP contribution in [0.5, 0.6) is 11.5 Å². The van der Waals surface area contributed by atoms with E-state index in [-0.39, 0.29) is 44.9 Å². The number of benzene rings is 3. The Hall–Kier alpha value is -4.30. The molecule has 0 N–H and O–H groups in total. The Morgan fingerprint density at radius 3 is 1.37 bits per heavy atom. The highest BCUT2D eigenvalue weighted by Gasteiger charge is 2.78. The minimum atomic E-state index is -0.944. The van der Waals surface area contributed by atoms with Crippen molar-refractivity contribution < 1.29 is 23.9 Å². The first kappa shape index (κ1) is 30.4. The summed E-state index contributed by atoms with van der Waals surface area (Å²) in [6.45, 7) is 19.8. The number of fused-ring (bicyclic) bond motifs is 3. The molecule has 0 saturated carbocycles. The number of ketones is 2. The second-order valence-corrected chi connectivity index (χ2v) is 14.5. The monoisotopic (exact) mass is 619 g/mol. The van der Waals surface area contributed by atoms with Crippen LogP contribution in [0.4, 0.5) is 11.4 Å². The number of imide groups is 1. The van der Waals surface area contributed by atoms with Crippen LogP contribution in [0.3, 0.4) is 0 Å². The molecule has 2 fully saturated rings. The minimum absolute atomic E-state index is 0.0702. The molecule has 7 rings (SSSR count). The molecule has 3 aromatic rings. The van der Waals surface area contributed by atoms with E-state index in [0.717, 1.165) is 10.6 Å². The maximum Gasteiger partial charge on any atom is 0.266 e. The van der Waals surface area contributed by atoms with Crippen molar-refractivity contribution in [2.24, 2.45) is 11.8 Å². The first-order chi connectivity index (χ1) is 21.6. The summed E-state index contributed by atoms with van der Waals surface area (Å²) in [5, 5.41) is 0. The van der Waals surface area contributed by atoms with Crippen LogP contribution >= 0.6 is 0 Å². The van der Waals surface area contributed by atoms with Crippen LogP contribution in [0.2, 0.25) is 0 Å². The highest BCUT2D eigenvalue weighted by atomic mass is 16.5. The quantitative estimate of drug-likeness (QED) is 0.205. The van der Waals surface area contributed by atoms with Gasteiger partial charge in [-0.1, -0.05) is 34.6 Å². The Bertz CT molecular complexity index is 1780. The second kappa shape index (κ2) is 9.38. The average molecular weight is 620 g/mol. The van der Waals surface area contributed by atoms with Gasteiger partial charge in [0.2, 0.25) is 0 Å². The number of likely N-dealkylation sites (N-methyl/N-ethyl adjacent to an activating group) is 1. The third-order valence-electron chi connectivity index (χ3n) is 12.3. The molecule has 4 unspecified atom stereocenters. The highest BCUT2D eigenvalue weighted by Crippen LogP contribution is 2.62. The van der Waals surface area contributed by atoms with Crippen molar-refractivity contribution in [2.45, 2.75) is 84.5 Å². The van der Waals surface area contributed by atoms with E-state index in [9.17, 15) is 19.2 Å². The number of carbonyl (C=O) groups excluding carboxylic acids is 4. The van der Waals surface area contributed by atoms with Crippen molar-refractivity contribution in [3.8, 4) is 11.5 Å². The van der Waals surface area contributed by atoms with E-state index in [2.05, 4.69) is 58.6 Å². The summed E-state index contributed by atoms with van der Waals surface area (Å²) in [5.74, 6) is 0.799. The van der Waals surface area contributed by atoms with Crippen LogP contribution in [0, 0.1) is 11.8 Å². The smallest absolute Gasteiger partial charge is 0.266 e. The van der Waals surface area contributed by atoms with Gasteiger partial charge in [0.15, 0.2) is 11.6 Å². The lowest BCUT2D eigenvalue weighted by Crippen LogP contribution is -2.41. The van der Waals surface area contributed by atoms with Crippen LogP contribution in [-0.2, 0) is 0 Å². The van der Waals surface area contributed by atoms with Gasteiger partial charge in [0.1, 0.15) is 22.6 Å². The lowest BCUT2D eigenvalue weighted by molar-refractivity contribution is 0.0854. The molecule has 0 radical (unpaired) electrons. The Kier molecular flexibility index (Phi) is 6.19. The lowest BCUT2D eigenvalue weighted by Gasteiger charge is -2.22. The zero-order valence-corrected chi connectivity index (χ0v) is 28.0. The van der Waals surface area contributed by atoms with Gasteiger partial charge in [0.05, 0.1) is 27.9 Å². The van der Waals surface area contributed by atoms with Gasteiger partial charge in [0, 0.05) is 16.8 Å². The van der Waals surface area contributed by atoms with E-state index in [1.165, 1.54) is 12.1 Å². The van der Waals surface area contributed by atoms with Gasteiger partial charge in [-0.05, 0) is 107 Å². The lowest BCUT2D eigenvalue weighted by atomic mass is 9.75. The predicted molar refractivity (Wildman–Crippen MR) is 177 cm³/mol. The van der Waals surface area contributed by atoms with Gasteiger partial charge in [-0.2, -0.15) is 0 Å². The summed E-state index contributed by atoms with van der Waals surface area (Å²) in [7, 11) is 0. The van der Waals surface area contributed by atoms with Crippen LogP contribution in [-0.4, -0.2) is 57.0 Å². The van der Waals surface area contributed by atoms with Gasteiger partial charge >= 0.3 is 0 Å². The third kappa shape index (κ3) is 3.43. The van der Waals surface area contributed by atoms with Crippen LogP contribution in [0.15, 0.2) is 60.7 Å². The fourth-order valence-electron chi connectivity index (χ4n) is 8.77. The topological polar surface area (TPSA) is 86.8 Å². The molecule has 0 spiro atoms. The third-order valence-corrected chi connectivity index (χ3v) is 12.3. The van der Waals surface area contributed by atoms with Crippen molar-refractivity contribution in [1.82, 2.24) is 4.90 Å². The summed E-state index contributed by atoms with van der Waals surface area (Å²) in [6, 6.07) is 17.7. The van der Waals surface area contributed by atoms with Gasteiger partial charge in [0.25, 0.3) is 11.8 Å². The van der Waals surface area contributed by atoms with Crippen LogP contribution in [0.1, 0.15) is 104 Å². The normalized spacial score (nSPS) is 31.0. The Morgan fingerprint density at radius 1 is 0.609 bits per heavy atom. The van der Waals surface area contributed by atoms with Crippen LogP contribution in [0.25, 0.3) is 0 Å². The number of Topliss-reactive ketones (excluding diaryl/α,β-unsaturated/α-hetero) is 2. The number of hydrogen-bond donors (Lipinski definition) is 0. The second-order valence-electron chi connectivity index (χ2n) is 14.5. The Morgan fingerprint density at radius 2 is 1.00 bits per heavy atom. The van der Waals surface area contributed by atoms with E-state index < -0.39 is 22.9 Å². The van der Waals surface area contributed by atoms with Crippen molar-refractivity contribution >= 4 is 34.8 Å². The van der Waals surface area contributed by atoms with E-state index in [0.29, 0.717) is 35.6 Å². The molecular formula is C38H41N3O5. The number of amides is 2. The van der Waals surface area contributed by atoms with Gasteiger partial charge in [-0.3, -0.25) is 24.1 Å². The number of rotatable bonds is 7. The molecule has 2 saturated heterocycles. The van der Waals surface area contributed by atoms with E-state index in [1.54, 1.807) is 38.1 Å². The molecule has 0 bridgehead atoms. The first-order valence-corrected chi connectivity index (χ1v) is 16.2. The molecule has 4 aliphatic rings.